The average molecular weight is 483 g/mol. The van der Waals surface area contributed by atoms with Crippen LogP contribution in [0.2, 0.25) is 0 Å². The Hall–Kier alpha value is -3.82. The van der Waals surface area contributed by atoms with Gasteiger partial charge in [0.25, 0.3) is 5.91 Å². The van der Waals surface area contributed by atoms with E-state index in [1.165, 1.54) is 6.07 Å². The Labute approximate surface area is 202 Å². The summed E-state index contributed by atoms with van der Waals surface area (Å²) in [5.41, 5.74) is -0.279. The summed E-state index contributed by atoms with van der Waals surface area (Å²) in [7, 11) is 0. The molecule has 0 radical (unpaired) electrons. The van der Waals surface area contributed by atoms with Gasteiger partial charge in [-0.1, -0.05) is 18.2 Å². The fraction of sp³-hybridized carbons (Fsp3) is 0.400. The summed E-state index contributed by atoms with van der Waals surface area (Å²) in [5, 5.41) is 2.73. The molecule has 0 bridgehead atoms. The van der Waals surface area contributed by atoms with Gasteiger partial charge in [-0.2, -0.15) is 0 Å². The van der Waals surface area contributed by atoms with Gasteiger partial charge in [0.05, 0.1) is 18.9 Å². The molecule has 184 valence electrons. The number of amides is 4. The molecule has 1 unspecified atom stereocenters. The van der Waals surface area contributed by atoms with Crippen LogP contribution < -0.4 is 19.7 Å². The number of piperazine rings is 1. The van der Waals surface area contributed by atoms with Gasteiger partial charge in [0.15, 0.2) is 11.5 Å². The number of nitrogens with zero attached hydrogens (tertiary/aromatic N) is 3. The van der Waals surface area contributed by atoms with E-state index >= 15 is 0 Å². The van der Waals surface area contributed by atoms with E-state index in [4.69, 9.17) is 9.47 Å². The molecule has 5 rings (SSSR count). The fourth-order valence-electron chi connectivity index (χ4n) is 4.65. The Morgan fingerprint density at radius 2 is 1.74 bits per heavy atom. The second kappa shape index (κ2) is 9.09. The van der Waals surface area contributed by atoms with Crippen LogP contribution in [-0.4, -0.2) is 73.6 Å². The van der Waals surface area contributed by atoms with Crippen molar-refractivity contribution in [1.82, 2.24) is 15.1 Å². The number of urea groups is 1. The zero-order valence-electron chi connectivity index (χ0n) is 19.5. The number of hydrogen-bond donors (Lipinski definition) is 1. The molecule has 0 spiro atoms. The molecular formula is C25H27FN4O5. The summed E-state index contributed by atoms with van der Waals surface area (Å²) >= 11 is 0. The van der Waals surface area contributed by atoms with Crippen molar-refractivity contribution >= 4 is 23.5 Å². The quantitative estimate of drug-likeness (QED) is 0.672. The molecule has 9 nitrogen and oxygen atoms in total. The maximum Gasteiger partial charge on any atom is 0.325 e. The third kappa shape index (κ3) is 4.24. The minimum Gasteiger partial charge on any atom is -0.490 e. The number of fused-ring (bicyclic) bond motifs is 1. The minimum atomic E-state index is -1.33. The molecule has 2 saturated heterocycles. The number of benzene rings is 2. The van der Waals surface area contributed by atoms with E-state index in [1.807, 2.05) is 4.90 Å². The Bertz CT molecular complexity index is 1170. The molecule has 35 heavy (non-hydrogen) atoms. The summed E-state index contributed by atoms with van der Waals surface area (Å²) in [6, 6.07) is 11.0. The Morgan fingerprint density at radius 1 is 1.03 bits per heavy atom. The maximum absolute atomic E-state index is 14.1. The van der Waals surface area contributed by atoms with Crippen molar-refractivity contribution in [2.45, 2.75) is 18.9 Å². The van der Waals surface area contributed by atoms with Gasteiger partial charge in [-0.15, -0.1) is 0 Å². The largest absolute Gasteiger partial charge is 0.490 e. The van der Waals surface area contributed by atoms with Crippen LogP contribution in [0.4, 0.5) is 14.9 Å². The molecule has 3 aliphatic rings. The first-order valence-electron chi connectivity index (χ1n) is 11.7. The van der Waals surface area contributed by atoms with Crippen LogP contribution in [0.5, 0.6) is 11.5 Å². The van der Waals surface area contributed by atoms with Crippen LogP contribution in [0.15, 0.2) is 42.5 Å². The SMILES string of the molecule is CC1(c2ccc3c(c2)OCCCO3)NC(=O)N(CC(=O)N2CCN(c3ccccc3F)CC2)C1=O. The van der Waals surface area contributed by atoms with Gasteiger partial charge in [-0.05, 0) is 36.8 Å². The van der Waals surface area contributed by atoms with Crippen LogP contribution in [0.1, 0.15) is 18.9 Å². The zero-order valence-corrected chi connectivity index (χ0v) is 19.5. The monoisotopic (exact) mass is 482 g/mol. The second-order valence-electron chi connectivity index (χ2n) is 8.98. The number of imide groups is 1. The lowest BCUT2D eigenvalue weighted by molar-refractivity contribution is -0.139. The van der Waals surface area contributed by atoms with Crippen molar-refractivity contribution in [3.8, 4) is 11.5 Å². The molecule has 1 N–H and O–H groups in total. The van der Waals surface area contributed by atoms with Crippen LogP contribution in [-0.2, 0) is 15.1 Å². The first kappa shape index (κ1) is 22.9. The van der Waals surface area contributed by atoms with Gasteiger partial charge in [0.1, 0.15) is 17.9 Å². The lowest BCUT2D eigenvalue weighted by Crippen LogP contribution is -2.52. The summed E-state index contributed by atoms with van der Waals surface area (Å²) < 4.78 is 25.5. The van der Waals surface area contributed by atoms with Crippen LogP contribution in [0, 0.1) is 5.82 Å². The number of nitrogens with one attached hydrogen (secondary N) is 1. The van der Waals surface area contributed by atoms with Crippen LogP contribution in [0.3, 0.4) is 0 Å². The predicted octanol–water partition coefficient (Wildman–Crippen LogP) is 2.10. The van der Waals surface area contributed by atoms with Crippen molar-refractivity contribution in [3.63, 3.8) is 0 Å². The van der Waals surface area contributed by atoms with Crippen LogP contribution >= 0.6 is 0 Å². The van der Waals surface area contributed by atoms with Crippen molar-refractivity contribution in [2.75, 3.05) is 50.8 Å². The molecule has 0 aromatic heterocycles. The Balaban J connectivity index is 1.25. The molecule has 10 heteroatoms. The van der Waals surface area contributed by atoms with Crippen LogP contribution in [0.25, 0.3) is 0 Å². The van der Waals surface area contributed by atoms with Crippen molar-refractivity contribution in [2.24, 2.45) is 0 Å². The van der Waals surface area contributed by atoms with Gasteiger partial charge in [0, 0.05) is 32.6 Å². The highest BCUT2D eigenvalue weighted by atomic mass is 19.1. The molecule has 4 amide bonds. The van der Waals surface area contributed by atoms with E-state index in [0.29, 0.717) is 62.1 Å². The van der Waals surface area contributed by atoms with Crippen molar-refractivity contribution in [3.05, 3.63) is 53.8 Å². The average Bonchev–Trinajstić information content (AvgIpc) is 3.02. The van der Waals surface area contributed by atoms with E-state index < -0.39 is 17.5 Å². The molecule has 0 saturated carbocycles. The summed E-state index contributed by atoms with van der Waals surface area (Å²) in [6.07, 6.45) is 0.751. The molecule has 0 aliphatic carbocycles. The first-order chi connectivity index (χ1) is 16.9. The van der Waals surface area contributed by atoms with Gasteiger partial charge in [-0.3, -0.25) is 14.5 Å². The molecular weight excluding hydrogens is 455 g/mol. The number of anilines is 1. The molecule has 3 aliphatic heterocycles. The molecule has 2 aromatic carbocycles. The second-order valence-corrected chi connectivity index (χ2v) is 8.98. The maximum atomic E-state index is 14.1. The smallest absolute Gasteiger partial charge is 0.325 e. The number of carbonyl (C=O) groups is 3. The van der Waals surface area contributed by atoms with Crippen molar-refractivity contribution in [1.29, 1.82) is 0 Å². The van der Waals surface area contributed by atoms with E-state index in [1.54, 1.807) is 48.2 Å². The Morgan fingerprint density at radius 3 is 2.49 bits per heavy atom. The van der Waals surface area contributed by atoms with E-state index in [9.17, 15) is 18.8 Å². The summed E-state index contributed by atoms with van der Waals surface area (Å²) in [5.74, 6) is -0.0284. The lowest BCUT2D eigenvalue weighted by Gasteiger charge is -2.36. The standard InChI is InChI=1S/C25H27FN4O5/c1-25(17-7-8-20-21(15-17)35-14-4-13-34-20)23(32)30(24(33)27-25)16-22(31)29-11-9-28(10-12-29)19-6-3-2-5-18(19)26/h2-3,5-8,15H,4,9-14,16H2,1H3,(H,27,33). The summed E-state index contributed by atoms with van der Waals surface area (Å²) in [6.45, 7) is 3.96. The number of para-hydroxylation sites is 1. The van der Waals surface area contributed by atoms with Gasteiger partial charge in [0.2, 0.25) is 5.91 Å². The third-order valence-electron chi connectivity index (χ3n) is 6.72. The lowest BCUT2D eigenvalue weighted by atomic mass is 9.91. The number of hydrogen-bond acceptors (Lipinski definition) is 6. The van der Waals surface area contributed by atoms with Gasteiger partial charge < -0.3 is 24.6 Å². The molecule has 3 heterocycles. The number of rotatable bonds is 4. The van der Waals surface area contributed by atoms with E-state index in [0.717, 1.165) is 11.3 Å². The Kier molecular flexibility index (Phi) is 5.96. The van der Waals surface area contributed by atoms with Gasteiger partial charge >= 0.3 is 6.03 Å². The summed E-state index contributed by atoms with van der Waals surface area (Å²) in [4.78, 5) is 43.4. The molecule has 1 atom stereocenters. The zero-order chi connectivity index (χ0) is 24.6. The number of ether oxygens (including phenoxy) is 2. The van der Waals surface area contributed by atoms with E-state index in [-0.39, 0.29) is 18.3 Å². The molecule has 2 aromatic rings. The number of carbonyl (C=O) groups excluding carboxylic acids is 3. The topological polar surface area (TPSA) is 91.4 Å². The third-order valence-corrected chi connectivity index (χ3v) is 6.72. The highest BCUT2D eigenvalue weighted by Crippen LogP contribution is 2.36. The normalized spacial score (nSPS) is 22.2. The predicted molar refractivity (Wildman–Crippen MR) is 125 cm³/mol. The fourth-order valence-corrected chi connectivity index (χ4v) is 4.65. The first-order valence-corrected chi connectivity index (χ1v) is 11.7. The molecule has 2 fully saturated rings. The highest BCUT2D eigenvalue weighted by Gasteiger charge is 2.50. The van der Waals surface area contributed by atoms with E-state index in [2.05, 4.69) is 5.32 Å². The minimum absolute atomic E-state index is 0.305. The highest BCUT2D eigenvalue weighted by molar-refractivity contribution is 6.09. The van der Waals surface area contributed by atoms with Crippen molar-refractivity contribution < 1.29 is 28.2 Å². The van der Waals surface area contributed by atoms with Gasteiger partial charge in [-0.25, -0.2) is 9.18 Å². The number of halogens is 1.